The van der Waals surface area contributed by atoms with Gasteiger partial charge in [-0.15, -0.1) is 0 Å². The van der Waals surface area contributed by atoms with E-state index in [0.717, 1.165) is 101 Å². The number of rotatable bonds is 1. The highest BCUT2D eigenvalue weighted by molar-refractivity contribution is 5.89. The molecule has 5 aliphatic carbocycles. The van der Waals surface area contributed by atoms with Crippen molar-refractivity contribution >= 4 is 17.8 Å². The molecule has 0 aromatic carbocycles. The molecule has 0 spiro atoms. The first-order valence-electron chi connectivity index (χ1n) is 19.9. The van der Waals surface area contributed by atoms with E-state index in [-0.39, 0.29) is 36.0 Å². The number of ether oxygens (including phenoxy) is 2. The second-order valence-corrected chi connectivity index (χ2v) is 18.1. The van der Waals surface area contributed by atoms with Gasteiger partial charge < -0.3 is 14.4 Å². The number of amides is 1. The summed E-state index contributed by atoms with van der Waals surface area (Å²) in [7, 11) is 0. The van der Waals surface area contributed by atoms with Crippen molar-refractivity contribution in [1.82, 2.24) is 4.90 Å². The van der Waals surface area contributed by atoms with Gasteiger partial charge in [-0.3, -0.25) is 9.59 Å². The predicted octanol–water partition coefficient (Wildman–Crippen LogP) is 8.66. The monoisotopic (exact) mass is 649 g/mol. The summed E-state index contributed by atoms with van der Waals surface area (Å²) in [5.41, 5.74) is 1.19. The van der Waals surface area contributed by atoms with Crippen molar-refractivity contribution in [2.75, 3.05) is 13.1 Å². The molecule has 0 N–H and O–H groups in total. The molecule has 8 aliphatic heterocycles. The summed E-state index contributed by atoms with van der Waals surface area (Å²) in [6.45, 7) is 13.5. The fourth-order valence-corrected chi connectivity index (χ4v) is 13.1. The molecule has 6 nitrogen and oxygen atoms in total. The van der Waals surface area contributed by atoms with Crippen LogP contribution in [0.5, 0.6) is 0 Å². The molecule has 10 atom stereocenters. The zero-order chi connectivity index (χ0) is 32.9. The highest BCUT2D eigenvalue weighted by Gasteiger charge is 2.60. The van der Waals surface area contributed by atoms with Gasteiger partial charge in [-0.2, -0.15) is 0 Å². The molecule has 6 heteroatoms. The lowest BCUT2D eigenvalue weighted by molar-refractivity contribution is -0.159. The molecule has 47 heavy (non-hydrogen) atoms. The van der Waals surface area contributed by atoms with Gasteiger partial charge in [0.1, 0.15) is 12.2 Å². The Labute approximate surface area is 284 Å². The first-order chi connectivity index (χ1) is 22.5. The van der Waals surface area contributed by atoms with E-state index in [1.54, 1.807) is 0 Å². The smallest absolute Gasteiger partial charge is 0.333 e. The highest BCUT2D eigenvalue weighted by atomic mass is 16.5. The maximum absolute atomic E-state index is 13.7. The van der Waals surface area contributed by atoms with E-state index in [1.165, 1.54) is 38.5 Å². The van der Waals surface area contributed by atoms with Crippen molar-refractivity contribution in [3.63, 3.8) is 0 Å². The minimum atomic E-state index is -0.281. The minimum Gasteiger partial charge on any atom is -0.462 e. The van der Waals surface area contributed by atoms with E-state index in [9.17, 15) is 14.4 Å². The van der Waals surface area contributed by atoms with Crippen LogP contribution in [0.3, 0.4) is 0 Å². The number of likely N-dealkylation sites (tertiary alicyclic amines) is 1. The Bertz CT molecular complexity index is 1200. The molecular formula is C41H63NO5. The van der Waals surface area contributed by atoms with Crippen LogP contribution < -0.4 is 0 Å². The molecule has 0 aromatic heterocycles. The zero-order valence-corrected chi connectivity index (χ0v) is 29.8. The van der Waals surface area contributed by atoms with E-state index < -0.39 is 0 Å². The molecule has 8 heterocycles. The maximum atomic E-state index is 13.7. The first kappa shape index (κ1) is 33.6. The number of carbonyl (C=O) groups excluding carboxylic acids is 3. The van der Waals surface area contributed by atoms with Gasteiger partial charge in [-0.05, 0) is 168 Å². The van der Waals surface area contributed by atoms with E-state index in [4.69, 9.17) is 9.47 Å². The molecule has 8 saturated heterocycles. The van der Waals surface area contributed by atoms with Crippen LogP contribution in [-0.2, 0) is 23.9 Å². The molecule has 10 bridgehead atoms. The highest BCUT2D eigenvalue weighted by Crippen LogP contribution is 2.68. The topological polar surface area (TPSA) is 72.9 Å². The molecule has 262 valence electrons. The van der Waals surface area contributed by atoms with E-state index in [1.807, 2.05) is 4.90 Å². The van der Waals surface area contributed by atoms with Gasteiger partial charge in [0, 0.05) is 31.0 Å². The second kappa shape index (κ2) is 13.5. The molecule has 13 aliphatic rings. The van der Waals surface area contributed by atoms with Crippen LogP contribution in [0, 0.1) is 58.2 Å². The predicted molar refractivity (Wildman–Crippen MR) is 183 cm³/mol. The number of carbonyl (C=O) groups is 3. The Morgan fingerprint density at radius 3 is 2.23 bits per heavy atom. The third-order valence-electron chi connectivity index (χ3n) is 15.7. The Morgan fingerprint density at radius 2 is 1.47 bits per heavy atom. The van der Waals surface area contributed by atoms with Crippen molar-refractivity contribution in [1.29, 1.82) is 0 Å². The van der Waals surface area contributed by atoms with Crippen LogP contribution in [0.15, 0.2) is 12.2 Å². The van der Waals surface area contributed by atoms with Gasteiger partial charge in [0.25, 0.3) is 0 Å². The third kappa shape index (κ3) is 6.46. The summed E-state index contributed by atoms with van der Waals surface area (Å²) in [6, 6.07) is 0. The van der Waals surface area contributed by atoms with Crippen LogP contribution in [0.2, 0.25) is 0 Å². The standard InChI is InChI=1S/C41H63NO5/c1-26-7-16-37(43)46-31-11-8-28(9-12-31)24-29(38(44)42-21-5-6-22-42)23-27(2)39(45)47-32-17-19-40(3)30(25-32)10-13-33-35-15-14-34(26)41(35,4)20-18-36(33)40/h26,28-36H,2,5-25H2,1,3-4H3/t26-,28?,29?,30-,31?,32-,33+,34-,35+,36+,40+,41-/m1/s1. The minimum absolute atomic E-state index is 0.00662. The summed E-state index contributed by atoms with van der Waals surface area (Å²) in [6.07, 6.45) is 19.3. The summed E-state index contributed by atoms with van der Waals surface area (Å²) in [4.78, 5) is 42.4. The number of esters is 2. The summed E-state index contributed by atoms with van der Waals surface area (Å²) in [5, 5.41) is 0. The molecule has 1 amide bonds. The van der Waals surface area contributed by atoms with Gasteiger partial charge in [-0.25, -0.2) is 4.79 Å². The lowest BCUT2D eigenvalue weighted by atomic mass is 9.44. The van der Waals surface area contributed by atoms with E-state index >= 15 is 0 Å². The average molecular weight is 650 g/mol. The van der Waals surface area contributed by atoms with Crippen molar-refractivity contribution in [2.24, 2.45) is 58.2 Å². The Morgan fingerprint density at radius 1 is 0.766 bits per heavy atom. The lowest BCUT2D eigenvalue weighted by Gasteiger charge is -2.61. The largest absolute Gasteiger partial charge is 0.462 e. The van der Waals surface area contributed by atoms with Crippen molar-refractivity contribution < 1.29 is 23.9 Å². The Hall–Kier alpha value is -1.85. The van der Waals surface area contributed by atoms with Gasteiger partial charge >= 0.3 is 11.9 Å². The van der Waals surface area contributed by atoms with Crippen LogP contribution >= 0.6 is 0 Å². The molecular weight excluding hydrogens is 586 g/mol. The second-order valence-electron chi connectivity index (χ2n) is 18.1. The fourth-order valence-electron chi connectivity index (χ4n) is 13.1. The van der Waals surface area contributed by atoms with Gasteiger partial charge in [0.2, 0.25) is 5.91 Å². The molecule has 0 aromatic rings. The molecule has 13 rings (SSSR count). The first-order valence-corrected chi connectivity index (χ1v) is 19.9. The maximum Gasteiger partial charge on any atom is 0.333 e. The van der Waals surface area contributed by atoms with Crippen molar-refractivity contribution in [3.05, 3.63) is 12.2 Å². The number of hydrogen-bond donors (Lipinski definition) is 0. The molecule has 0 radical (unpaired) electrons. The Balaban J connectivity index is 1.10. The van der Waals surface area contributed by atoms with Gasteiger partial charge in [0.15, 0.2) is 0 Å². The molecule has 1 unspecified atom stereocenters. The van der Waals surface area contributed by atoms with E-state index in [0.29, 0.717) is 52.9 Å². The fraction of sp³-hybridized carbons (Fsp3) is 0.878. The molecule has 13 fully saturated rings. The van der Waals surface area contributed by atoms with E-state index in [2.05, 4.69) is 27.4 Å². The molecule has 5 saturated carbocycles. The van der Waals surface area contributed by atoms with Crippen LogP contribution in [0.1, 0.15) is 143 Å². The van der Waals surface area contributed by atoms with Crippen LogP contribution in [0.4, 0.5) is 0 Å². The normalized spacial score (nSPS) is 46.4. The summed E-state index contributed by atoms with van der Waals surface area (Å²) in [5.74, 6) is 4.29. The Kier molecular flexibility index (Phi) is 9.63. The SMILES string of the molecule is C=C1CC(C(=O)N2CCCC2)CC2CCC(CC2)OC(=O)CC[C@@H](C)[C@H]2CC[C@H]3[C@@H]4CC[C@@H]5C[C@@H](CC[C@]5(C)[C@H]4CC[C@]23C)OC1=O. The third-order valence-corrected chi connectivity index (χ3v) is 15.7. The summed E-state index contributed by atoms with van der Waals surface area (Å²) >= 11 is 0. The van der Waals surface area contributed by atoms with Gasteiger partial charge in [0.05, 0.1) is 0 Å². The van der Waals surface area contributed by atoms with Crippen LogP contribution in [0.25, 0.3) is 0 Å². The van der Waals surface area contributed by atoms with Crippen molar-refractivity contribution in [3.8, 4) is 0 Å². The quantitative estimate of drug-likeness (QED) is 0.210. The van der Waals surface area contributed by atoms with Gasteiger partial charge in [-0.1, -0.05) is 27.4 Å². The average Bonchev–Trinajstić information content (AvgIpc) is 3.72. The lowest BCUT2D eigenvalue weighted by Crippen LogP contribution is -2.54. The summed E-state index contributed by atoms with van der Waals surface area (Å²) < 4.78 is 12.3. The number of hydrogen-bond acceptors (Lipinski definition) is 5. The zero-order valence-electron chi connectivity index (χ0n) is 29.8. The van der Waals surface area contributed by atoms with Crippen LogP contribution in [-0.4, -0.2) is 48.0 Å². The van der Waals surface area contributed by atoms with Crippen molar-refractivity contribution in [2.45, 2.75) is 155 Å². The number of nitrogens with zero attached hydrogens (tertiary/aromatic N) is 1.